The van der Waals surface area contributed by atoms with Crippen molar-refractivity contribution in [2.75, 3.05) is 18.6 Å². The summed E-state index contributed by atoms with van der Waals surface area (Å²) in [4.78, 5) is 17.0. The van der Waals surface area contributed by atoms with E-state index in [1.807, 2.05) is 6.92 Å². The van der Waals surface area contributed by atoms with Gasteiger partial charge in [0.15, 0.2) is 23.0 Å². The summed E-state index contributed by atoms with van der Waals surface area (Å²) in [5.74, 6) is -2.58. The molecular weight excluding hydrogens is 498 g/mol. The second kappa shape index (κ2) is 9.55. The summed E-state index contributed by atoms with van der Waals surface area (Å²) < 4.78 is 55.7. The number of aromatic nitrogens is 4. The molecule has 1 atom stereocenters. The number of pyridine rings is 2. The zero-order valence-electron chi connectivity index (χ0n) is 19.4. The average Bonchev–Trinajstić information content (AvgIpc) is 2.81. The third-order valence-electron chi connectivity index (χ3n) is 5.49. The van der Waals surface area contributed by atoms with Gasteiger partial charge in [0.05, 0.1) is 28.0 Å². The van der Waals surface area contributed by atoms with Crippen molar-refractivity contribution in [3.8, 4) is 11.3 Å². The molecule has 0 aliphatic rings. The average molecular weight is 520 g/mol. The van der Waals surface area contributed by atoms with E-state index in [9.17, 15) is 13.3 Å². The molecule has 0 bridgehead atoms. The highest BCUT2D eigenvalue weighted by Gasteiger charge is 2.23. The largest absolute Gasteiger partial charge is 0.375 e. The van der Waals surface area contributed by atoms with Crippen LogP contribution in [-0.2, 0) is 4.57 Å². The Labute approximate surface area is 205 Å². The summed E-state index contributed by atoms with van der Waals surface area (Å²) in [6.07, 6.45) is 3.11. The van der Waals surface area contributed by atoms with Crippen LogP contribution in [0.3, 0.4) is 0 Å². The quantitative estimate of drug-likeness (QED) is 0.302. The first-order chi connectivity index (χ1) is 16.5. The fourth-order valence-corrected chi connectivity index (χ4v) is 4.54. The van der Waals surface area contributed by atoms with Gasteiger partial charge in [-0.2, -0.15) is 0 Å². The summed E-state index contributed by atoms with van der Waals surface area (Å²) in [6.45, 7) is 6.54. The molecule has 0 aliphatic heterocycles. The Bertz CT molecular complexity index is 1480. The zero-order chi connectivity index (χ0) is 25.5. The predicted octanol–water partition coefficient (Wildman–Crippen LogP) is 6.28. The summed E-state index contributed by atoms with van der Waals surface area (Å²) in [5.41, 5.74) is 1.72. The number of nitrogens with one attached hydrogen (secondary N) is 1. The van der Waals surface area contributed by atoms with Crippen LogP contribution in [0.15, 0.2) is 36.7 Å². The van der Waals surface area contributed by atoms with E-state index < -0.39 is 30.6 Å². The monoisotopic (exact) mass is 519 g/mol. The van der Waals surface area contributed by atoms with Gasteiger partial charge in [-0.15, -0.1) is 0 Å². The molecule has 4 aromatic rings. The van der Waals surface area contributed by atoms with Crippen LogP contribution in [0.4, 0.5) is 18.9 Å². The van der Waals surface area contributed by atoms with Gasteiger partial charge >= 0.3 is 0 Å². The number of rotatable bonds is 6. The molecule has 3 heterocycles. The van der Waals surface area contributed by atoms with Crippen LogP contribution in [0.1, 0.15) is 30.6 Å². The fourth-order valence-electron chi connectivity index (χ4n) is 3.68. The van der Waals surface area contributed by atoms with Crippen molar-refractivity contribution in [1.29, 1.82) is 0 Å². The van der Waals surface area contributed by atoms with Gasteiger partial charge in [-0.05, 0) is 32.7 Å². The molecule has 6 nitrogen and oxygen atoms in total. The van der Waals surface area contributed by atoms with Gasteiger partial charge in [0.25, 0.3) is 0 Å². The van der Waals surface area contributed by atoms with Crippen LogP contribution in [0.2, 0.25) is 5.02 Å². The Morgan fingerprint density at radius 3 is 2.40 bits per heavy atom. The minimum atomic E-state index is -2.69. The van der Waals surface area contributed by atoms with Gasteiger partial charge in [-0.1, -0.05) is 30.7 Å². The van der Waals surface area contributed by atoms with Crippen molar-refractivity contribution in [2.45, 2.75) is 26.3 Å². The Morgan fingerprint density at radius 2 is 1.77 bits per heavy atom. The SMILES string of the molecule is CCC(Nc1c(Cl)c(C)nc2cc(F)c(-c3cnc(P(C)(C)=O)nc3)nc12)c1cccc(F)c1F. The predicted molar refractivity (Wildman–Crippen MR) is 132 cm³/mol. The molecule has 0 saturated carbocycles. The number of hydrogen-bond acceptors (Lipinski definition) is 6. The Kier molecular flexibility index (Phi) is 6.84. The van der Waals surface area contributed by atoms with Crippen molar-refractivity contribution in [3.63, 3.8) is 0 Å². The maximum absolute atomic E-state index is 15.0. The highest BCUT2D eigenvalue weighted by Crippen LogP contribution is 2.37. The third-order valence-corrected chi connectivity index (χ3v) is 7.15. The van der Waals surface area contributed by atoms with E-state index in [1.54, 1.807) is 6.92 Å². The van der Waals surface area contributed by atoms with Gasteiger partial charge < -0.3 is 9.88 Å². The number of benzene rings is 1. The van der Waals surface area contributed by atoms with Gasteiger partial charge in [0.1, 0.15) is 18.4 Å². The minimum absolute atomic E-state index is 0.0548. The van der Waals surface area contributed by atoms with Gasteiger partial charge in [0, 0.05) is 29.6 Å². The lowest BCUT2D eigenvalue weighted by molar-refractivity contribution is 0.490. The van der Waals surface area contributed by atoms with Crippen LogP contribution in [0, 0.1) is 24.4 Å². The van der Waals surface area contributed by atoms with E-state index >= 15 is 4.39 Å². The highest BCUT2D eigenvalue weighted by atomic mass is 35.5. The normalized spacial score (nSPS) is 12.7. The summed E-state index contributed by atoms with van der Waals surface area (Å²) in [7, 11) is -2.69. The Morgan fingerprint density at radius 1 is 1.09 bits per heavy atom. The molecule has 11 heteroatoms. The molecule has 1 N–H and O–H groups in total. The van der Waals surface area contributed by atoms with Crippen molar-refractivity contribution in [2.24, 2.45) is 0 Å². The maximum atomic E-state index is 15.0. The van der Waals surface area contributed by atoms with E-state index in [4.69, 9.17) is 11.6 Å². The van der Waals surface area contributed by atoms with E-state index in [-0.39, 0.29) is 38.4 Å². The topological polar surface area (TPSA) is 80.7 Å². The fraction of sp³-hybridized carbons (Fsp3) is 0.250. The first kappa shape index (κ1) is 25.1. The molecule has 35 heavy (non-hydrogen) atoms. The molecule has 0 amide bonds. The van der Waals surface area contributed by atoms with Crippen LogP contribution >= 0.6 is 18.7 Å². The standard InChI is InChI=1S/C24H22ClF3N5OP/c1-5-17(14-7-6-8-15(26)20(14)28)32-23-19(25)12(2)31-18-9-16(27)21(33-22(18)23)13-10-29-24(30-11-13)35(3,4)34/h6-11,17H,5H2,1-4H3,(H,31,32). The molecule has 1 aromatic carbocycles. The van der Waals surface area contributed by atoms with Gasteiger partial charge in [-0.25, -0.2) is 33.1 Å². The number of fused-ring (bicyclic) bond motifs is 1. The molecule has 0 aliphatic carbocycles. The van der Waals surface area contributed by atoms with Crippen LogP contribution in [0.5, 0.6) is 0 Å². The molecule has 0 radical (unpaired) electrons. The summed E-state index contributed by atoms with van der Waals surface area (Å²) in [5, 5.41) is 3.38. The van der Waals surface area contributed by atoms with E-state index in [1.165, 1.54) is 43.9 Å². The Balaban J connectivity index is 1.86. The molecule has 0 spiro atoms. The van der Waals surface area contributed by atoms with Crippen molar-refractivity contribution < 1.29 is 17.7 Å². The minimum Gasteiger partial charge on any atom is -0.375 e. The smallest absolute Gasteiger partial charge is 0.188 e. The van der Waals surface area contributed by atoms with E-state index in [0.29, 0.717) is 17.8 Å². The van der Waals surface area contributed by atoms with Crippen molar-refractivity contribution >= 4 is 41.0 Å². The maximum Gasteiger partial charge on any atom is 0.188 e. The van der Waals surface area contributed by atoms with Gasteiger partial charge in [0.2, 0.25) is 0 Å². The number of hydrogen-bond donors (Lipinski definition) is 1. The zero-order valence-corrected chi connectivity index (χ0v) is 21.1. The van der Waals surface area contributed by atoms with Crippen molar-refractivity contribution in [1.82, 2.24) is 19.9 Å². The Hall–Kier alpha value is -3.03. The molecule has 0 fully saturated rings. The lowest BCUT2D eigenvalue weighted by atomic mass is 10.0. The molecule has 182 valence electrons. The molecule has 0 saturated heterocycles. The lowest BCUT2D eigenvalue weighted by Gasteiger charge is -2.22. The van der Waals surface area contributed by atoms with Crippen LogP contribution in [0.25, 0.3) is 22.3 Å². The van der Waals surface area contributed by atoms with E-state index in [2.05, 4.69) is 25.3 Å². The van der Waals surface area contributed by atoms with Gasteiger partial charge in [-0.3, -0.25) is 0 Å². The van der Waals surface area contributed by atoms with Crippen molar-refractivity contribution in [3.05, 3.63) is 70.4 Å². The summed E-state index contributed by atoms with van der Waals surface area (Å²) in [6, 6.07) is 4.53. The molecule has 3 aromatic heterocycles. The second-order valence-corrected chi connectivity index (χ2v) is 11.9. The number of aryl methyl sites for hydroxylation is 1. The molecular formula is C24H22ClF3N5OP. The number of nitrogens with zero attached hydrogens (tertiary/aromatic N) is 4. The summed E-state index contributed by atoms with van der Waals surface area (Å²) >= 11 is 6.56. The highest BCUT2D eigenvalue weighted by molar-refractivity contribution is 7.69. The van der Waals surface area contributed by atoms with Crippen LogP contribution in [-0.4, -0.2) is 33.3 Å². The molecule has 1 unspecified atom stereocenters. The first-order valence-electron chi connectivity index (χ1n) is 10.8. The number of anilines is 1. The number of halogens is 4. The van der Waals surface area contributed by atoms with E-state index in [0.717, 1.165) is 6.07 Å². The first-order valence-corrected chi connectivity index (χ1v) is 13.7. The third kappa shape index (κ3) is 4.88. The van der Waals surface area contributed by atoms with Crippen LogP contribution < -0.4 is 10.9 Å². The molecule has 4 rings (SSSR count). The second-order valence-electron chi connectivity index (χ2n) is 8.44. The lowest BCUT2D eigenvalue weighted by Crippen LogP contribution is -2.14.